The van der Waals surface area contributed by atoms with Crippen LogP contribution in [0.2, 0.25) is 4.34 Å². The number of hydrogen-bond acceptors (Lipinski definition) is 4. The number of halogens is 1. The fraction of sp³-hybridized carbons (Fsp3) is 0.174. The molecule has 160 valence electrons. The fourth-order valence-electron chi connectivity index (χ4n) is 2.88. The minimum absolute atomic E-state index is 0.0936. The molecule has 0 bridgehead atoms. The van der Waals surface area contributed by atoms with Gasteiger partial charge >= 0.3 is 6.03 Å². The molecule has 0 saturated carbocycles. The summed E-state index contributed by atoms with van der Waals surface area (Å²) in [5.74, 6) is -0.295. The fourth-order valence-corrected chi connectivity index (χ4v) is 3.89. The highest BCUT2D eigenvalue weighted by atomic mass is 35.5. The lowest BCUT2D eigenvalue weighted by molar-refractivity contribution is -0.121. The van der Waals surface area contributed by atoms with Gasteiger partial charge in [-0.2, -0.15) is 0 Å². The van der Waals surface area contributed by atoms with Crippen molar-refractivity contribution in [1.29, 1.82) is 0 Å². The smallest absolute Gasteiger partial charge is 0.323 e. The first-order valence-electron chi connectivity index (χ1n) is 9.71. The monoisotopic (exact) mass is 455 g/mol. The van der Waals surface area contributed by atoms with Gasteiger partial charge in [0.05, 0.1) is 15.3 Å². The van der Waals surface area contributed by atoms with Crippen molar-refractivity contribution in [3.8, 4) is 0 Å². The number of nitrogens with one attached hydrogen (secondary N) is 3. The molecule has 2 aromatic carbocycles. The zero-order valence-corrected chi connectivity index (χ0v) is 18.4. The number of carbonyl (C=O) groups excluding carboxylic acids is 3. The average molecular weight is 456 g/mol. The Hall–Kier alpha value is -3.16. The first-order valence-corrected chi connectivity index (χ1v) is 10.9. The molecular formula is C23H22ClN3O3S. The normalized spacial score (nSPS) is 11.4. The van der Waals surface area contributed by atoms with E-state index in [-0.39, 0.29) is 36.6 Å². The molecule has 31 heavy (non-hydrogen) atoms. The first kappa shape index (κ1) is 22.5. The van der Waals surface area contributed by atoms with Gasteiger partial charge in [-0.05, 0) is 48.9 Å². The van der Waals surface area contributed by atoms with Crippen molar-refractivity contribution < 1.29 is 14.4 Å². The molecule has 0 saturated heterocycles. The van der Waals surface area contributed by atoms with Crippen LogP contribution in [0.25, 0.3) is 0 Å². The molecule has 0 fully saturated rings. The number of Topliss-reactive ketones (excluding diaryl/α,β-unsaturated/α-hetero) is 1. The predicted octanol–water partition coefficient (Wildman–Crippen LogP) is 5.89. The Bertz CT molecular complexity index is 1050. The minimum atomic E-state index is -0.336. The number of amides is 3. The van der Waals surface area contributed by atoms with Crippen LogP contribution < -0.4 is 16.0 Å². The van der Waals surface area contributed by atoms with Gasteiger partial charge in [0.2, 0.25) is 5.91 Å². The maximum absolute atomic E-state index is 12.2. The SMILES string of the molecule is CC(NC(=O)CCC(=O)c1ccc(Cl)s1)c1ccc(NC(=O)Nc2ccccc2)cc1. The molecule has 3 N–H and O–H groups in total. The zero-order chi connectivity index (χ0) is 22.2. The Morgan fingerprint density at radius 2 is 1.52 bits per heavy atom. The van der Waals surface area contributed by atoms with E-state index in [0.717, 1.165) is 5.56 Å². The zero-order valence-electron chi connectivity index (χ0n) is 16.9. The second-order valence-corrected chi connectivity index (χ2v) is 8.60. The minimum Gasteiger partial charge on any atom is -0.350 e. The Morgan fingerprint density at radius 3 is 2.13 bits per heavy atom. The summed E-state index contributed by atoms with van der Waals surface area (Å²) in [6.07, 6.45) is 0.243. The summed E-state index contributed by atoms with van der Waals surface area (Å²) in [7, 11) is 0. The molecule has 0 aliphatic rings. The van der Waals surface area contributed by atoms with Crippen LogP contribution in [-0.2, 0) is 4.79 Å². The van der Waals surface area contributed by atoms with Crippen LogP contribution in [0.5, 0.6) is 0 Å². The molecule has 8 heteroatoms. The van der Waals surface area contributed by atoms with E-state index in [1.165, 1.54) is 11.3 Å². The van der Waals surface area contributed by atoms with E-state index in [4.69, 9.17) is 11.6 Å². The van der Waals surface area contributed by atoms with Crippen LogP contribution >= 0.6 is 22.9 Å². The Labute approximate surface area is 189 Å². The third-order valence-corrected chi connectivity index (χ3v) is 5.78. The summed E-state index contributed by atoms with van der Waals surface area (Å²) in [6, 6.07) is 19.1. The number of rotatable bonds is 8. The van der Waals surface area contributed by atoms with E-state index in [2.05, 4.69) is 16.0 Å². The average Bonchev–Trinajstić information content (AvgIpc) is 3.19. The van der Waals surface area contributed by atoms with Gasteiger partial charge in [0.25, 0.3) is 0 Å². The van der Waals surface area contributed by atoms with Crippen molar-refractivity contribution >= 4 is 52.0 Å². The molecule has 3 rings (SSSR count). The molecule has 1 heterocycles. The second kappa shape index (κ2) is 10.7. The quantitative estimate of drug-likeness (QED) is 0.370. The van der Waals surface area contributed by atoms with Crippen LogP contribution in [-0.4, -0.2) is 17.7 Å². The second-order valence-electron chi connectivity index (χ2n) is 6.88. The van der Waals surface area contributed by atoms with Crippen molar-refractivity contribution in [2.24, 2.45) is 0 Å². The van der Waals surface area contributed by atoms with Gasteiger partial charge in [-0.25, -0.2) is 4.79 Å². The molecule has 0 aliphatic carbocycles. The van der Waals surface area contributed by atoms with Crippen molar-refractivity contribution in [3.63, 3.8) is 0 Å². The number of hydrogen-bond donors (Lipinski definition) is 3. The lowest BCUT2D eigenvalue weighted by Crippen LogP contribution is -2.27. The third kappa shape index (κ3) is 6.94. The van der Waals surface area contributed by atoms with Gasteiger partial charge in [-0.15, -0.1) is 11.3 Å². The van der Waals surface area contributed by atoms with E-state index in [1.807, 2.05) is 37.3 Å². The lowest BCUT2D eigenvalue weighted by Gasteiger charge is -2.15. The molecule has 1 aromatic heterocycles. The number of anilines is 2. The molecule has 3 amide bonds. The summed E-state index contributed by atoms with van der Waals surface area (Å²) < 4.78 is 0.553. The number of para-hydroxylation sites is 1. The Balaban J connectivity index is 1.45. The molecule has 1 atom stereocenters. The maximum atomic E-state index is 12.2. The standard InChI is InChI=1S/C23H22ClN3O3S/c1-15(25-22(29)14-11-19(28)20-12-13-21(24)31-20)16-7-9-18(10-8-16)27-23(30)26-17-5-3-2-4-6-17/h2-10,12-13,15H,11,14H2,1H3,(H,25,29)(H2,26,27,30). The lowest BCUT2D eigenvalue weighted by atomic mass is 10.1. The van der Waals surface area contributed by atoms with Crippen LogP contribution in [0.4, 0.5) is 16.2 Å². The largest absolute Gasteiger partial charge is 0.350 e. The van der Waals surface area contributed by atoms with Gasteiger partial charge in [0.1, 0.15) is 0 Å². The summed E-state index contributed by atoms with van der Waals surface area (Å²) in [6.45, 7) is 1.86. The van der Waals surface area contributed by atoms with Gasteiger partial charge in [-0.3, -0.25) is 9.59 Å². The Morgan fingerprint density at radius 1 is 0.871 bits per heavy atom. The molecule has 0 radical (unpaired) electrons. The summed E-state index contributed by atoms with van der Waals surface area (Å²) in [4.78, 5) is 36.9. The summed E-state index contributed by atoms with van der Waals surface area (Å²) in [5.41, 5.74) is 2.23. The Kier molecular flexibility index (Phi) is 7.81. The van der Waals surface area contributed by atoms with E-state index in [0.29, 0.717) is 20.6 Å². The van der Waals surface area contributed by atoms with Crippen molar-refractivity contribution in [2.75, 3.05) is 10.6 Å². The summed E-state index contributed by atoms with van der Waals surface area (Å²) >= 11 is 7.05. The van der Waals surface area contributed by atoms with E-state index in [1.54, 1.807) is 36.4 Å². The molecular weight excluding hydrogens is 434 g/mol. The number of thiophene rings is 1. The topological polar surface area (TPSA) is 87.3 Å². The van der Waals surface area contributed by atoms with E-state index < -0.39 is 0 Å². The first-order chi connectivity index (χ1) is 14.9. The molecule has 3 aromatic rings. The van der Waals surface area contributed by atoms with E-state index >= 15 is 0 Å². The maximum Gasteiger partial charge on any atom is 0.323 e. The van der Waals surface area contributed by atoms with Crippen molar-refractivity contribution in [2.45, 2.75) is 25.8 Å². The predicted molar refractivity (Wildman–Crippen MR) is 125 cm³/mol. The van der Waals surface area contributed by atoms with Crippen molar-refractivity contribution in [1.82, 2.24) is 5.32 Å². The van der Waals surface area contributed by atoms with Crippen LogP contribution in [0.3, 0.4) is 0 Å². The number of ketones is 1. The summed E-state index contributed by atoms with van der Waals surface area (Å²) in [5, 5.41) is 8.40. The highest BCUT2D eigenvalue weighted by molar-refractivity contribution is 7.18. The van der Waals surface area contributed by atoms with Gasteiger partial charge < -0.3 is 16.0 Å². The number of urea groups is 1. The molecule has 6 nitrogen and oxygen atoms in total. The van der Waals surface area contributed by atoms with E-state index in [9.17, 15) is 14.4 Å². The van der Waals surface area contributed by atoms with Crippen LogP contribution in [0.15, 0.2) is 66.7 Å². The van der Waals surface area contributed by atoms with Crippen LogP contribution in [0, 0.1) is 0 Å². The molecule has 1 unspecified atom stereocenters. The number of benzene rings is 2. The van der Waals surface area contributed by atoms with Gasteiger partial charge in [0, 0.05) is 24.2 Å². The molecule has 0 spiro atoms. The number of carbonyl (C=O) groups is 3. The van der Waals surface area contributed by atoms with Gasteiger partial charge in [-0.1, -0.05) is 41.9 Å². The third-order valence-electron chi connectivity index (χ3n) is 4.50. The van der Waals surface area contributed by atoms with Crippen molar-refractivity contribution in [3.05, 3.63) is 81.5 Å². The van der Waals surface area contributed by atoms with Crippen LogP contribution in [0.1, 0.15) is 41.0 Å². The molecule has 0 aliphatic heterocycles. The highest BCUT2D eigenvalue weighted by Crippen LogP contribution is 2.23. The van der Waals surface area contributed by atoms with Gasteiger partial charge in [0.15, 0.2) is 5.78 Å². The highest BCUT2D eigenvalue weighted by Gasteiger charge is 2.14.